The molecule has 5 nitrogen and oxygen atoms in total. The monoisotopic (exact) mass is 267 g/mol. The molecular formula is C15H17N5. The molecule has 0 aliphatic heterocycles. The number of hydrogen-bond acceptors (Lipinski definition) is 5. The van der Waals surface area contributed by atoms with Crippen LogP contribution in [0.5, 0.6) is 0 Å². The minimum Gasteiger partial charge on any atom is -0.372 e. The lowest BCUT2D eigenvalue weighted by molar-refractivity contribution is 0.314. The number of nitrogens with one attached hydrogen (secondary N) is 1. The van der Waals surface area contributed by atoms with Gasteiger partial charge >= 0.3 is 0 Å². The molecule has 5 heteroatoms. The summed E-state index contributed by atoms with van der Waals surface area (Å²) >= 11 is 0. The molecule has 2 aromatic rings. The topological polar surface area (TPSA) is 64.8 Å². The highest BCUT2D eigenvalue weighted by molar-refractivity contribution is 5.32. The maximum absolute atomic E-state index is 8.89. The van der Waals surface area contributed by atoms with Gasteiger partial charge in [-0.25, -0.2) is 4.98 Å². The second-order valence-electron chi connectivity index (χ2n) is 4.63. The number of aromatic nitrogens is 2. The standard InChI is InChI=1S/C15H17N5/c1-17-15-9-18-14(8-19-15)11-20(2)10-13-5-3-4-12(6-13)7-16/h3-6,8-9H,10-11H2,1-2H3,(H,17,19). The van der Waals surface area contributed by atoms with Crippen molar-refractivity contribution < 1.29 is 0 Å². The van der Waals surface area contributed by atoms with Gasteiger partial charge in [0, 0.05) is 20.1 Å². The van der Waals surface area contributed by atoms with E-state index in [4.69, 9.17) is 5.26 Å². The van der Waals surface area contributed by atoms with Crippen LogP contribution < -0.4 is 5.32 Å². The van der Waals surface area contributed by atoms with Crippen molar-refractivity contribution >= 4 is 5.82 Å². The molecular weight excluding hydrogens is 250 g/mol. The van der Waals surface area contributed by atoms with Gasteiger partial charge in [0.1, 0.15) is 5.82 Å². The zero-order valence-corrected chi connectivity index (χ0v) is 11.7. The Morgan fingerprint density at radius 3 is 2.75 bits per heavy atom. The maximum Gasteiger partial charge on any atom is 0.144 e. The molecule has 102 valence electrons. The second-order valence-corrected chi connectivity index (χ2v) is 4.63. The Balaban J connectivity index is 1.97. The Hall–Kier alpha value is -2.45. The van der Waals surface area contributed by atoms with Crippen molar-refractivity contribution in [3.63, 3.8) is 0 Å². The van der Waals surface area contributed by atoms with E-state index < -0.39 is 0 Å². The van der Waals surface area contributed by atoms with Crippen molar-refractivity contribution in [3.8, 4) is 6.07 Å². The highest BCUT2D eigenvalue weighted by atomic mass is 15.1. The summed E-state index contributed by atoms with van der Waals surface area (Å²) in [5, 5.41) is 11.8. The van der Waals surface area contributed by atoms with Crippen LogP contribution in [0.2, 0.25) is 0 Å². The molecule has 0 atom stereocenters. The van der Waals surface area contributed by atoms with Gasteiger partial charge in [0.05, 0.1) is 29.7 Å². The minimum absolute atomic E-state index is 0.689. The van der Waals surface area contributed by atoms with E-state index in [0.29, 0.717) is 12.1 Å². The van der Waals surface area contributed by atoms with Crippen LogP contribution in [0.4, 0.5) is 5.82 Å². The van der Waals surface area contributed by atoms with Gasteiger partial charge in [-0.2, -0.15) is 5.26 Å². The fourth-order valence-corrected chi connectivity index (χ4v) is 1.95. The van der Waals surface area contributed by atoms with E-state index in [-0.39, 0.29) is 0 Å². The van der Waals surface area contributed by atoms with Crippen LogP contribution in [-0.2, 0) is 13.1 Å². The second kappa shape index (κ2) is 6.64. The maximum atomic E-state index is 8.89. The Morgan fingerprint density at radius 1 is 1.25 bits per heavy atom. The molecule has 1 heterocycles. The Morgan fingerprint density at radius 2 is 2.10 bits per heavy atom. The van der Waals surface area contributed by atoms with E-state index in [0.717, 1.165) is 23.6 Å². The number of hydrogen-bond donors (Lipinski definition) is 1. The number of nitriles is 1. The third-order valence-corrected chi connectivity index (χ3v) is 2.90. The fourth-order valence-electron chi connectivity index (χ4n) is 1.95. The first kappa shape index (κ1) is 14.0. The molecule has 1 aromatic carbocycles. The SMILES string of the molecule is CNc1cnc(CN(C)Cc2cccc(C#N)c2)cn1. The molecule has 20 heavy (non-hydrogen) atoms. The molecule has 0 bridgehead atoms. The quantitative estimate of drug-likeness (QED) is 0.898. The predicted molar refractivity (Wildman–Crippen MR) is 77.9 cm³/mol. The summed E-state index contributed by atoms with van der Waals surface area (Å²) in [6.45, 7) is 1.48. The summed E-state index contributed by atoms with van der Waals surface area (Å²) in [6.07, 6.45) is 3.49. The highest BCUT2D eigenvalue weighted by Crippen LogP contribution is 2.09. The predicted octanol–water partition coefficient (Wildman–Crippen LogP) is 2.02. The molecule has 0 spiro atoms. The first-order chi connectivity index (χ1) is 9.71. The van der Waals surface area contributed by atoms with Crippen LogP contribution in [0.3, 0.4) is 0 Å². The van der Waals surface area contributed by atoms with Crippen LogP contribution in [0.25, 0.3) is 0 Å². The molecule has 0 radical (unpaired) electrons. The fraction of sp³-hybridized carbons (Fsp3) is 0.267. The smallest absolute Gasteiger partial charge is 0.144 e. The lowest BCUT2D eigenvalue weighted by atomic mass is 10.1. The van der Waals surface area contributed by atoms with Gasteiger partial charge in [-0.05, 0) is 24.7 Å². The Labute approximate surface area is 118 Å². The van der Waals surface area contributed by atoms with Gasteiger partial charge in [-0.1, -0.05) is 12.1 Å². The number of nitrogens with zero attached hydrogens (tertiary/aromatic N) is 4. The zero-order valence-electron chi connectivity index (χ0n) is 11.7. The van der Waals surface area contributed by atoms with Crippen LogP contribution in [0.15, 0.2) is 36.7 Å². The molecule has 1 aromatic heterocycles. The van der Waals surface area contributed by atoms with Crippen molar-refractivity contribution in [2.24, 2.45) is 0 Å². The van der Waals surface area contributed by atoms with E-state index in [1.54, 1.807) is 12.4 Å². The molecule has 0 saturated heterocycles. The third kappa shape index (κ3) is 3.77. The van der Waals surface area contributed by atoms with E-state index in [1.165, 1.54) is 0 Å². The van der Waals surface area contributed by atoms with Crippen molar-refractivity contribution in [1.29, 1.82) is 5.26 Å². The number of benzene rings is 1. The first-order valence-electron chi connectivity index (χ1n) is 6.37. The molecule has 1 N–H and O–H groups in total. The van der Waals surface area contributed by atoms with Gasteiger partial charge in [-0.15, -0.1) is 0 Å². The zero-order chi connectivity index (χ0) is 14.4. The average molecular weight is 267 g/mol. The van der Waals surface area contributed by atoms with Crippen LogP contribution in [0.1, 0.15) is 16.8 Å². The molecule has 2 rings (SSSR count). The van der Waals surface area contributed by atoms with Gasteiger partial charge in [0.15, 0.2) is 0 Å². The van der Waals surface area contributed by atoms with Gasteiger partial charge < -0.3 is 5.32 Å². The van der Waals surface area contributed by atoms with Gasteiger partial charge in [-0.3, -0.25) is 9.88 Å². The summed E-state index contributed by atoms with van der Waals surface area (Å²) in [7, 11) is 3.84. The van der Waals surface area contributed by atoms with Crippen LogP contribution in [0, 0.1) is 11.3 Å². The summed E-state index contributed by atoms with van der Waals surface area (Å²) in [5.41, 5.74) is 2.73. The molecule has 0 unspecified atom stereocenters. The van der Waals surface area contributed by atoms with E-state index in [2.05, 4.69) is 26.3 Å². The minimum atomic E-state index is 0.689. The lowest BCUT2D eigenvalue weighted by Gasteiger charge is -2.16. The lowest BCUT2D eigenvalue weighted by Crippen LogP contribution is -2.18. The van der Waals surface area contributed by atoms with E-state index in [1.807, 2.05) is 38.4 Å². The molecule has 0 fully saturated rings. The largest absolute Gasteiger partial charge is 0.372 e. The van der Waals surface area contributed by atoms with Crippen molar-refractivity contribution in [2.75, 3.05) is 19.4 Å². The highest BCUT2D eigenvalue weighted by Gasteiger charge is 2.04. The van der Waals surface area contributed by atoms with Gasteiger partial charge in [0.25, 0.3) is 0 Å². The molecule has 0 aliphatic rings. The number of rotatable bonds is 5. The molecule has 0 aliphatic carbocycles. The van der Waals surface area contributed by atoms with Crippen molar-refractivity contribution in [3.05, 3.63) is 53.5 Å². The van der Waals surface area contributed by atoms with Crippen molar-refractivity contribution in [2.45, 2.75) is 13.1 Å². The van der Waals surface area contributed by atoms with Gasteiger partial charge in [0.2, 0.25) is 0 Å². The average Bonchev–Trinajstić information content (AvgIpc) is 2.48. The van der Waals surface area contributed by atoms with E-state index in [9.17, 15) is 0 Å². The molecule has 0 amide bonds. The molecule has 0 saturated carbocycles. The summed E-state index contributed by atoms with van der Waals surface area (Å²) in [4.78, 5) is 10.7. The first-order valence-corrected chi connectivity index (χ1v) is 6.37. The normalized spacial score (nSPS) is 10.3. The van der Waals surface area contributed by atoms with Crippen molar-refractivity contribution in [1.82, 2.24) is 14.9 Å². The summed E-state index contributed by atoms with van der Waals surface area (Å²) in [6, 6.07) is 9.80. The summed E-state index contributed by atoms with van der Waals surface area (Å²) < 4.78 is 0. The number of anilines is 1. The Kier molecular flexibility index (Phi) is 4.64. The summed E-state index contributed by atoms with van der Waals surface area (Å²) in [5.74, 6) is 0.762. The Bertz CT molecular complexity index is 600. The third-order valence-electron chi connectivity index (χ3n) is 2.90. The van der Waals surface area contributed by atoms with E-state index >= 15 is 0 Å². The van der Waals surface area contributed by atoms with Crippen LogP contribution >= 0.6 is 0 Å². The van der Waals surface area contributed by atoms with Crippen LogP contribution in [-0.4, -0.2) is 29.0 Å².